The van der Waals surface area contributed by atoms with Crippen molar-refractivity contribution < 1.29 is 9.53 Å². The monoisotopic (exact) mass is 191 g/mol. The first-order chi connectivity index (χ1) is 6.76. The van der Waals surface area contributed by atoms with Crippen LogP contribution in [-0.4, -0.2) is 13.0 Å². The minimum Gasteiger partial charge on any atom is -0.497 e. The van der Waals surface area contributed by atoms with E-state index in [9.17, 15) is 4.79 Å². The Balaban J connectivity index is 2.64. The van der Waals surface area contributed by atoms with Gasteiger partial charge in [-0.1, -0.05) is 6.08 Å². The van der Waals surface area contributed by atoms with Crippen molar-refractivity contribution >= 4 is 11.6 Å². The van der Waals surface area contributed by atoms with Crippen LogP contribution in [0.3, 0.4) is 0 Å². The van der Waals surface area contributed by atoms with Gasteiger partial charge in [0, 0.05) is 5.69 Å². The third-order valence-electron chi connectivity index (χ3n) is 1.68. The van der Waals surface area contributed by atoms with Crippen molar-refractivity contribution in [3.8, 4) is 5.75 Å². The van der Waals surface area contributed by atoms with Crippen LogP contribution in [0.4, 0.5) is 5.69 Å². The van der Waals surface area contributed by atoms with Gasteiger partial charge in [-0.15, -0.1) is 0 Å². The fourth-order valence-electron chi connectivity index (χ4n) is 1.01. The van der Waals surface area contributed by atoms with Gasteiger partial charge in [0.1, 0.15) is 5.75 Å². The van der Waals surface area contributed by atoms with E-state index in [0.29, 0.717) is 0 Å². The van der Waals surface area contributed by atoms with Gasteiger partial charge in [-0.25, -0.2) is 0 Å². The van der Waals surface area contributed by atoms with E-state index in [1.165, 1.54) is 6.08 Å². The zero-order valence-corrected chi connectivity index (χ0v) is 8.28. The lowest BCUT2D eigenvalue weighted by Gasteiger charge is -2.03. The Morgan fingerprint density at radius 2 is 2.00 bits per heavy atom. The average molecular weight is 191 g/mol. The second-order valence-corrected chi connectivity index (χ2v) is 2.72. The summed E-state index contributed by atoms with van der Waals surface area (Å²) in [6.45, 7) is 1.80. The number of ether oxygens (including phenoxy) is 1. The first-order valence-corrected chi connectivity index (χ1v) is 4.34. The number of benzene rings is 1. The summed E-state index contributed by atoms with van der Waals surface area (Å²) >= 11 is 0. The van der Waals surface area contributed by atoms with Crippen LogP contribution in [-0.2, 0) is 4.79 Å². The quantitative estimate of drug-likeness (QED) is 0.744. The molecule has 3 heteroatoms. The molecule has 74 valence electrons. The molecule has 0 fully saturated rings. The molecule has 0 aliphatic rings. The van der Waals surface area contributed by atoms with E-state index in [4.69, 9.17) is 4.74 Å². The predicted octanol–water partition coefficient (Wildman–Crippen LogP) is 2.21. The van der Waals surface area contributed by atoms with Gasteiger partial charge >= 0.3 is 0 Å². The van der Waals surface area contributed by atoms with Gasteiger partial charge in [0.05, 0.1) is 7.11 Å². The second kappa shape index (κ2) is 5.07. The van der Waals surface area contributed by atoms with E-state index in [1.54, 1.807) is 44.4 Å². The molecule has 1 aromatic rings. The fourth-order valence-corrected chi connectivity index (χ4v) is 1.01. The van der Waals surface area contributed by atoms with E-state index in [0.717, 1.165) is 11.4 Å². The Labute approximate surface area is 83.4 Å². The van der Waals surface area contributed by atoms with E-state index in [1.807, 2.05) is 0 Å². The zero-order chi connectivity index (χ0) is 10.4. The van der Waals surface area contributed by atoms with Gasteiger partial charge < -0.3 is 10.1 Å². The fraction of sp³-hybridized carbons (Fsp3) is 0.182. The van der Waals surface area contributed by atoms with Crippen LogP contribution < -0.4 is 10.1 Å². The van der Waals surface area contributed by atoms with Crippen LogP contribution in [0.2, 0.25) is 0 Å². The summed E-state index contributed by atoms with van der Waals surface area (Å²) < 4.78 is 4.99. The maximum Gasteiger partial charge on any atom is 0.248 e. The number of carbonyl (C=O) groups excluding carboxylic acids is 1. The molecule has 1 rings (SSSR count). The first kappa shape index (κ1) is 10.3. The molecule has 0 saturated heterocycles. The molecular formula is C11H13NO2. The Hall–Kier alpha value is -1.77. The van der Waals surface area contributed by atoms with Crippen LogP contribution >= 0.6 is 0 Å². The number of hydrogen-bond donors (Lipinski definition) is 1. The standard InChI is InChI=1S/C11H13NO2/c1-3-4-11(13)12-9-5-7-10(14-2)8-6-9/h3-8H,1-2H3,(H,12,13). The van der Waals surface area contributed by atoms with Gasteiger partial charge in [-0.05, 0) is 37.3 Å². The number of methoxy groups -OCH3 is 1. The van der Waals surface area contributed by atoms with Crippen LogP contribution in [0.5, 0.6) is 5.75 Å². The molecule has 14 heavy (non-hydrogen) atoms. The van der Waals surface area contributed by atoms with Crippen molar-refractivity contribution in [2.75, 3.05) is 12.4 Å². The smallest absolute Gasteiger partial charge is 0.248 e. The lowest BCUT2D eigenvalue weighted by Crippen LogP contribution is -2.07. The van der Waals surface area contributed by atoms with E-state index >= 15 is 0 Å². The Morgan fingerprint density at radius 3 is 2.50 bits per heavy atom. The molecule has 1 N–H and O–H groups in total. The lowest BCUT2D eigenvalue weighted by molar-refractivity contribution is -0.111. The van der Waals surface area contributed by atoms with Gasteiger partial charge in [0.15, 0.2) is 0 Å². The molecule has 0 aromatic heterocycles. The molecule has 1 aromatic carbocycles. The van der Waals surface area contributed by atoms with Crippen molar-refractivity contribution in [2.24, 2.45) is 0 Å². The molecule has 0 unspecified atom stereocenters. The normalized spacial score (nSPS) is 10.1. The summed E-state index contributed by atoms with van der Waals surface area (Å²) in [6.07, 6.45) is 3.17. The number of carbonyl (C=O) groups is 1. The number of allylic oxidation sites excluding steroid dienone is 1. The highest BCUT2D eigenvalue weighted by Crippen LogP contribution is 2.14. The number of nitrogens with one attached hydrogen (secondary N) is 1. The van der Waals surface area contributed by atoms with Crippen molar-refractivity contribution in [2.45, 2.75) is 6.92 Å². The van der Waals surface area contributed by atoms with Crippen molar-refractivity contribution in [3.05, 3.63) is 36.4 Å². The van der Waals surface area contributed by atoms with Gasteiger partial charge in [0.25, 0.3) is 0 Å². The molecular weight excluding hydrogens is 178 g/mol. The van der Waals surface area contributed by atoms with Crippen LogP contribution in [0.15, 0.2) is 36.4 Å². The molecule has 1 amide bonds. The molecule has 3 nitrogen and oxygen atoms in total. The molecule has 0 heterocycles. The first-order valence-electron chi connectivity index (χ1n) is 4.34. The number of amides is 1. The predicted molar refractivity (Wildman–Crippen MR) is 56.4 cm³/mol. The topological polar surface area (TPSA) is 38.3 Å². The molecule has 0 saturated carbocycles. The summed E-state index contributed by atoms with van der Waals surface area (Å²) in [6, 6.07) is 7.18. The summed E-state index contributed by atoms with van der Waals surface area (Å²) in [4.78, 5) is 11.1. The Kier molecular flexibility index (Phi) is 3.73. The zero-order valence-electron chi connectivity index (χ0n) is 8.28. The Bertz CT molecular complexity index is 328. The van der Waals surface area contributed by atoms with E-state index < -0.39 is 0 Å². The highest BCUT2D eigenvalue weighted by atomic mass is 16.5. The van der Waals surface area contributed by atoms with Crippen LogP contribution in [0.1, 0.15) is 6.92 Å². The summed E-state index contributed by atoms with van der Waals surface area (Å²) in [5.41, 5.74) is 0.758. The number of hydrogen-bond acceptors (Lipinski definition) is 2. The Morgan fingerprint density at radius 1 is 1.36 bits per heavy atom. The maximum absolute atomic E-state index is 11.1. The van der Waals surface area contributed by atoms with Crippen molar-refractivity contribution in [1.82, 2.24) is 0 Å². The van der Waals surface area contributed by atoms with E-state index in [2.05, 4.69) is 5.32 Å². The van der Waals surface area contributed by atoms with E-state index in [-0.39, 0.29) is 5.91 Å². The summed E-state index contributed by atoms with van der Waals surface area (Å²) in [5.74, 6) is 0.645. The minimum absolute atomic E-state index is 0.127. The van der Waals surface area contributed by atoms with Gasteiger partial charge in [-0.2, -0.15) is 0 Å². The van der Waals surface area contributed by atoms with Crippen molar-refractivity contribution in [3.63, 3.8) is 0 Å². The van der Waals surface area contributed by atoms with Crippen molar-refractivity contribution in [1.29, 1.82) is 0 Å². The molecule has 0 aliphatic carbocycles. The summed E-state index contributed by atoms with van der Waals surface area (Å²) in [5, 5.41) is 2.71. The number of anilines is 1. The molecule has 0 spiro atoms. The van der Waals surface area contributed by atoms with Crippen LogP contribution in [0.25, 0.3) is 0 Å². The minimum atomic E-state index is -0.127. The largest absolute Gasteiger partial charge is 0.497 e. The third kappa shape index (κ3) is 2.94. The SMILES string of the molecule is CC=CC(=O)Nc1ccc(OC)cc1. The lowest BCUT2D eigenvalue weighted by atomic mass is 10.3. The molecule has 0 radical (unpaired) electrons. The highest BCUT2D eigenvalue weighted by molar-refractivity contribution is 5.99. The third-order valence-corrected chi connectivity index (χ3v) is 1.68. The molecule has 0 aliphatic heterocycles. The molecule has 0 atom stereocenters. The highest BCUT2D eigenvalue weighted by Gasteiger charge is 1.96. The number of rotatable bonds is 3. The van der Waals surface area contributed by atoms with Crippen LogP contribution in [0, 0.1) is 0 Å². The van der Waals surface area contributed by atoms with Gasteiger partial charge in [-0.3, -0.25) is 4.79 Å². The molecule has 0 bridgehead atoms. The maximum atomic E-state index is 11.1. The summed E-state index contributed by atoms with van der Waals surface area (Å²) in [7, 11) is 1.60. The van der Waals surface area contributed by atoms with Gasteiger partial charge in [0.2, 0.25) is 5.91 Å². The second-order valence-electron chi connectivity index (χ2n) is 2.72. The average Bonchev–Trinajstić information content (AvgIpc) is 2.19.